The summed E-state index contributed by atoms with van der Waals surface area (Å²) < 4.78 is 13.9. The molecule has 21 heavy (non-hydrogen) atoms. The molecule has 1 nitrogen and oxygen atoms in total. The van der Waals surface area contributed by atoms with Gasteiger partial charge in [-0.2, -0.15) is 0 Å². The minimum absolute atomic E-state index is 0.0703. The fraction of sp³-hybridized carbons (Fsp3) is 0.684. The number of hydrogen-bond donors (Lipinski definition) is 1. The Morgan fingerprint density at radius 2 is 1.86 bits per heavy atom. The lowest BCUT2D eigenvalue weighted by molar-refractivity contribution is 0.111. The highest BCUT2D eigenvalue weighted by atomic mass is 19.1. The zero-order valence-electron chi connectivity index (χ0n) is 13.4. The lowest BCUT2D eigenvalue weighted by atomic mass is 9.65. The van der Waals surface area contributed by atoms with Crippen molar-refractivity contribution < 1.29 is 4.39 Å². The van der Waals surface area contributed by atoms with Crippen LogP contribution in [0.2, 0.25) is 0 Å². The summed E-state index contributed by atoms with van der Waals surface area (Å²) in [5.41, 5.74) is 1.87. The first-order valence-corrected chi connectivity index (χ1v) is 8.62. The number of nitrogens with one attached hydrogen (secondary N) is 1. The van der Waals surface area contributed by atoms with Gasteiger partial charge in [0.05, 0.1) is 0 Å². The minimum atomic E-state index is -0.0703. The average Bonchev–Trinajstić information content (AvgIpc) is 2.51. The number of aryl methyl sites for hydroxylation is 1. The first kappa shape index (κ1) is 15.0. The molecular weight excluding hydrogens is 261 g/mol. The van der Waals surface area contributed by atoms with Gasteiger partial charge in [0, 0.05) is 6.04 Å². The first-order chi connectivity index (χ1) is 10.2. The van der Waals surface area contributed by atoms with Gasteiger partial charge in [0.15, 0.2) is 0 Å². The van der Waals surface area contributed by atoms with Crippen LogP contribution in [0.5, 0.6) is 0 Å². The van der Waals surface area contributed by atoms with Crippen LogP contribution in [-0.4, -0.2) is 7.05 Å². The Kier molecular flexibility index (Phi) is 4.63. The quantitative estimate of drug-likeness (QED) is 0.825. The molecule has 2 heteroatoms. The third-order valence-electron chi connectivity index (χ3n) is 5.92. The molecule has 0 radical (unpaired) electrons. The van der Waals surface area contributed by atoms with E-state index in [1.165, 1.54) is 44.9 Å². The molecule has 2 aliphatic carbocycles. The summed E-state index contributed by atoms with van der Waals surface area (Å²) in [7, 11) is 2.02. The lowest BCUT2D eigenvalue weighted by Crippen LogP contribution is -2.34. The van der Waals surface area contributed by atoms with E-state index >= 15 is 0 Å². The van der Waals surface area contributed by atoms with Gasteiger partial charge in [0.1, 0.15) is 5.82 Å². The Morgan fingerprint density at radius 1 is 1.10 bits per heavy atom. The van der Waals surface area contributed by atoms with Crippen molar-refractivity contribution in [1.29, 1.82) is 0 Å². The van der Waals surface area contributed by atoms with E-state index in [0.717, 1.165) is 23.0 Å². The van der Waals surface area contributed by atoms with Crippen LogP contribution in [0.4, 0.5) is 4.39 Å². The molecule has 3 rings (SSSR count). The fourth-order valence-electron chi connectivity index (χ4n) is 4.69. The summed E-state index contributed by atoms with van der Waals surface area (Å²) in [5, 5.41) is 3.46. The molecule has 0 aromatic heterocycles. The van der Waals surface area contributed by atoms with E-state index in [4.69, 9.17) is 0 Å². The molecule has 0 heterocycles. The molecule has 2 saturated carbocycles. The van der Waals surface area contributed by atoms with Crippen molar-refractivity contribution in [2.75, 3.05) is 7.05 Å². The van der Waals surface area contributed by atoms with Gasteiger partial charge in [-0.15, -0.1) is 0 Å². The van der Waals surface area contributed by atoms with Crippen molar-refractivity contribution >= 4 is 0 Å². The van der Waals surface area contributed by atoms with Gasteiger partial charge >= 0.3 is 0 Å². The predicted molar refractivity (Wildman–Crippen MR) is 85.7 cm³/mol. The van der Waals surface area contributed by atoms with Crippen LogP contribution in [0.25, 0.3) is 0 Å². The number of benzene rings is 1. The Hall–Kier alpha value is -0.890. The molecule has 1 aromatic carbocycles. The van der Waals surface area contributed by atoms with E-state index in [2.05, 4.69) is 11.4 Å². The van der Waals surface area contributed by atoms with Crippen molar-refractivity contribution in [3.8, 4) is 0 Å². The van der Waals surface area contributed by atoms with Gasteiger partial charge in [0.25, 0.3) is 0 Å². The molecule has 0 aliphatic heterocycles. The van der Waals surface area contributed by atoms with Crippen LogP contribution >= 0.6 is 0 Å². The van der Waals surface area contributed by atoms with Crippen molar-refractivity contribution in [3.63, 3.8) is 0 Å². The molecule has 0 bridgehead atoms. The van der Waals surface area contributed by atoms with E-state index in [9.17, 15) is 4.39 Å². The highest BCUT2D eigenvalue weighted by molar-refractivity contribution is 5.26. The molecule has 1 N–H and O–H groups in total. The number of rotatable bonds is 3. The molecular formula is C19H28FN. The normalized spacial score (nSPS) is 30.7. The zero-order chi connectivity index (χ0) is 14.8. The van der Waals surface area contributed by atoms with Crippen LogP contribution in [0.1, 0.15) is 62.1 Å². The highest BCUT2D eigenvalue weighted by Crippen LogP contribution is 2.46. The zero-order valence-corrected chi connectivity index (χ0v) is 13.4. The second-order valence-corrected chi connectivity index (χ2v) is 7.15. The largest absolute Gasteiger partial charge is 0.313 e. The first-order valence-electron chi connectivity index (χ1n) is 8.62. The topological polar surface area (TPSA) is 12.0 Å². The molecule has 0 saturated heterocycles. The maximum atomic E-state index is 13.9. The minimum Gasteiger partial charge on any atom is -0.313 e. The van der Waals surface area contributed by atoms with E-state index in [0.29, 0.717) is 12.0 Å². The molecule has 4 atom stereocenters. The van der Waals surface area contributed by atoms with Gasteiger partial charge in [0.2, 0.25) is 0 Å². The number of fused-ring (bicyclic) bond motifs is 1. The van der Waals surface area contributed by atoms with Crippen LogP contribution in [0.3, 0.4) is 0 Å². The smallest absolute Gasteiger partial charge is 0.126 e. The molecule has 0 spiro atoms. The molecule has 2 aliphatic rings. The maximum Gasteiger partial charge on any atom is 0.126 e. The molecule has 2 fully saturated rings. The van der Waals surface area contributed by atoms with Crippen LogP contribution in [-0.2, 0) is 0 Å². The van der Waals surface area contributed by atoms with Gasteiger partial charge in [-0.05, 0) is 68.2 Å². The van der Waals surface area contributed by atoms with Gasteiger partial charge in [-0.1, -0.05) is 37.8 Å². The third kappa shape index (κ3) is 3.15. The van der Waals surface area contributed by atoms with Crippen molar-refractivity contribution in [2.45, 2.75) is 57.9 Å². The van der Waals surface area contributed by atoms with E-state index in [-0.39, 0.29) is 5.82 Å². The monoisotopic (exact) mass is 289 g/mol. The lowest BCUT2D eigenvalue weighted by Gasteiger charge is -2.42. The fourth-order valence-corrected chi connectivity index (χ4v) is 4.69. The van der Waals surface area contributed by atoms with E-state index < -0.39 is 0 Å². The maximum absolute atomic E-state index is 13.9. The van der Waals surface area contributed by atoms with E-state index in [1.807, 2.05) is 20.0 Å². The summed E-state index contributed by atoms with van der Waals surface area (Å²) in [6.45, 7) is 1.83. The summed E-state index contributed by atoms with van der Waals surface area (Å²) in [4.78, 5) is 0. The van der Waals surface area contributed by atoms with Gasteiger partial charge < -0.3 is 5.32 Å². The SMILES string of the molecule is CNC(c1ccc(C)c(F)c1)C1CCC2CCCCC2C1. The molecule has 1 aromatic rings. The van der Waals surface area contributed by atoms with Crippen molar-refractivity contribution in [1.82, 2.24) is 5.32 Å². The number of halogens is 1. The standard InChI is InChI=1S/C19H28FN/c1-13-7-8-17(12-18(13)20)19(21-2)16-10-9-14-5-3-4-6-15(14)11-16/h7-8,12,14-16,19,21H,3-6,9-11H2,1-2H3. The van der Waals surface area contributed by atoms with Crippen LogP contribution in [0.15, 0.2) is 18.2 Å². The van der Waals surface area contributed by atoms with Crippen molar-refractivity contribution in [3.05, 3.63) is 35.1 Å². The average molecular weight is 289 g/mol. The summed E-state index contributed by atoms with van der Waals surface area (Å²) in [6, 6.07) is 6.07. The van der Waals surface area contributed by atoms with Gasteiger partial charge in [-0.3, -0.25) is 0 Å². The molecule has 4 unspecified atom stereocenters. The van der Waals surface area contributed by atoms with E-state index in [1.54, 1.807) is 6.07 Å². The number of hydrogen-bond acceptors (Lipinski definition) is 1. The highest BCUT2D eigenvalue weighted by Gasteiger charge is 2.35. The summed E-state index contributed by atoms with van der Waals surface area (Å²) >= 11 is 0. The second kappa shape index (κ2) is 6.48. The summed E-state index contributed by atoms with van der Waals surface area (Å²) in [5.74, 6) is 2.49. The Balaban J connectivity index is 1.75. The Morgan fingerprint density at radius 3 is 2.57 bits per heavy atom. The van der Waals surface area contributed by atoms with Crippen LogP contribution < -0.4 is 5.32 Å². The van der Waals surface area contributed by atoms with Gasteiger partial charge in [-0.25, -0.2) is 4.39 Å². The molecule has 116 valence electrons. The Bertz CT molecular complexity index is 484. The summed E-state index contributed by atoms with van der Waals surface area (Å²) in [6.07, 6.45) is 9.71. The Labute approximate surface area is 128 Å². The predicted octanol–water partition coefficient (Wildman–Crippen LogP) is 5.00. The van der Waals surface area contributed by atoms with Crippen LogP contribution in [0, 0.1) is 30.5 Å². The molecule has 0 amide bonds. The second-order valence-electron chi connectivity index (χ2n) is 7.15. The third-order valence-corrected chi connectivity index (χ3v) is 5.92. The van der Waals surface area contributed by atoms with Crippen molar-refractivity contribution in [2.24, 2.45) is 17.8 Å².